The van der Waals surface area contributed by atoms with Crippen molar-refractivity contribution < 1.29 is 23.0 Å². The number of carbonyl (C=O) groups is 1. The highest BCUT2D eigenvalue weighted by Crippen LogP contribution is 2.28. The van der Waals surface area contributed by atoms with Crippen molar-refractivity contribution in [3.8, 4) is 5.88 Å². The fourth-order valence-corrected chi connectivity index (χ4v) is 3.23. The third-order valence-electron chi connectivity index (χ3n) is 4.27. The Morgan fingerprint density at radius 3 is 3.04 bits per heavy atom. The van der Waals surface area contributed by atoms with E-state index in [9.17, 15) is 13.6 Å². The van der Waals surface area contributed by atoms with Gasteiger partial charge in [-0.05, 0) is 31.7 Å². The summed E-state index contributed by atoms with van der Waals surface area (Å²) in [6.45, 7) is 0.706. The van der Waals surface area contributed by atoms with Gasteiger partial charge in [-0.2, -0.15) is 4.98 Å². The number of carbonyl (C=O) groups excluding carboxylic acids is 1. The number of rotatable bonds is 5. The number of anilines is 1. The molecule has 0 spiro atoms. The van der Waals surface area contributed by atoms with Crippen LogP contribution in [0.5, 0.6) is 5.88 Å². The molecule has 0 bridgehead atoms. The van der Waals surface area contributed by atoms with Gasteiger partial charge in [0.1, 0.15) is 5.82 Å². The molecule has 1 N–H and O–H groups in total. The van der Waals surface area contributed by atoms with E-state index in [1.165, 1.54) is 6.07 Å². The predicted octanol–water partition coefficient (Wildman–Crippen LogP) is 2.90. The lowest BCUT2D eigenvalue weighted by Gasteiger charge is -2.28. The number of ether oxygens (including phenoxy) is 2. The number of alkyl halides is 2. The second kappa shape index (κ2) is 7.74. The molecule has 2 aliphatic heterocycles. The summed E-state index contributed by atoms with van der Waals surface area (Å²) < 4.78 is 35.0. The molecular formula is C16H21F2N3O3. The van der Waals surface area contributed by atoms with Gasteiger partial charge in [0.05, 0.1) is 12.1 Å². The van der Waals surface area contributed by atoms with Crippen molar-refractivity contribution in [3.05, 3.63) is 18.2 Å². The number of amides is 2. The molecule has 8 heteroatoms. The van der Waals surface area contributed by atoms with Gasteiger partial charge >= 0.3 is 6.03 Å². The monoisotopic (exact) mass is 341 g/mol. The van der Waals surface area contributed by atoms with Gasteiger partial charge in [0.2, 0.25) is 5.88 Å². The lowest BCUT2D eigenvalue weighted by atomic mass is 10.1. The number of nitrogens with one attached hydrogen (secondary N) is 1. The summed E-state index contributed by atoms with van der Waals surface area (Å²) in [6, 6.07) is 4.52. The standard InChI is InChI=1S/C16H21F2N3O3/c17-13(18)10-24-15-7-1-6-14(19-15)20-16(22)21-8-2-4-11(21)12-5-3-9-23-12/h1,6-7,11-13H,2-5,8-10H2,(H,19,20,22)/t11-,12+/m1/s1. The first-order valence-electron chi connectivity index (χ1n) is 8.21. The second-order valence-electron chi connectivity index (χ2n) is 5.95. The van der Waals surface area contributed by atoms with E-state index >= 15 is 0 Å². The van der Waals surface area contributed by atoms with E-state index in [0.29, 0.717) is 6.54 Å². The van der Waals surface area contributed by atoms with Crippen LogP contribution in [0.3, 0.4) is 0 Å². The fourth-order valence-electron chi connectivity index (χ4n) is 3.23. The number of urea groups is 1. The normalized spacial score (nSPS) is 23.7. The molecule has 0 radical (unpaired) electrons. The minimum Gasteiger partial charge on any atom is -0.472 e. The first kappa shape index (κ1) is 16.9. The Morgan fingerprint density at radius 2 is 2.29 bits per heavy atom. The smallest absolute Gasteiger partial charge is 0.323 e. The van der Waals surface area contributed by atoms with Gasteiger partial charge in [-0.1, -0.05) is 6.07 Å². The Bertz CT molecular complexity index is 567. The van der Waals surface area contributed by atoms with Crippen molar-refractivity contribution in [1.29, 1.82) is 0 Å². The van der Waals surface area contributed by atoms with Crippen LogP contribution in [0.2, 0.25) is 0 Å². The van der Waals surface area contributed by atoms with E-state index in [1.54, 1.807) is 17.0 Å². The Balaban J connectivity index is 1.60. The van der Waals surface area contributed by atoms with E-state index in [2.05, 4.69) is 10.3 Å². The molecule has 2 atom stereocenters. The first-order valence-corrected chi connectivity index (χ1v) is 8.21. The van der Waals surface area contributed by atoms with Crippen LogP contribution in [-0.2, 0) is 4.74 Å². The lowest BCUT2D eigenvalue weighted by molar-refractivity contribution is 0.0542. The molecule has 2 fully saturated rings. The summed E-state index contributed by atoms with van der Waals surface area (Å²) in [5, 5.41) is 2.72. The van der Waals surface area contributed by atoms with Crippen molar-refractivity contribution in [3.63, 3.8) is 0 Å². The summed E-state index contributed by atoms with van der Waals surface area (Å²) in [6.07, 6.45) is 1.42. The van der Waals surface area contributed by atoms with Crippen LogP contribution in [-0.4, -0.2) is 54.2 Å². The van der Waals surface area contributed by atoms with Crippen LogP contribution in [0.25, 0.3) is 0 Å². The quantitative estimate of drug-likeness (QED) is 0.894. The highest BCUT2D eigenvalue weighted by molar-refractivity contribution is 5.88. The summed E-state index contributed by atoms with van der Waals surface area (Å²) in [4.78, 5) is 18.3. The van der Waals surface area contributed by atoms with E-state index < -0.39 is 13.0 Å². The highest BCUT2D eigenvalue weighted by atomic mass is 19.3. The highest BCUT2D eigenvalue weighted by Gasteiger charge is 2.36. The molecule has 2 saturated heterocycles. The van der Waals surface area contributed by atoms with Gasteiger partial charge in [-0.25, -0.2) is 13.6 Å². The average molecular weight is 341 g/mol. The van der Waals surface area contributed by atoms with E-state index in [0.717, 1.165) is 32.3 Å². The molecule has 132 valence electrons. The summed E-state index contributed by atoms with van der Waals surface area (Å²) >= 11 is 0. The SMILES string of the molecule is O=C(Nc1cccc(OCC(F)F)n1)N1CCC[C@@H]1[C@@H]1CCCO1. The average Bonchev–Trinajstić information content (AvgIpc) is 3.23. The minimum atomic E-state index is -2.57. The zero-order valence-corrected chi connectivity index (χ0v) is 13.3. The van der Waals surface area contributed by atoms with Crippen molar-refractivity contribution >= 4 is 11.8 Å². The molecule has 0 aliphatic carbocycles. The number of likely N-dealkylation sites (tertiary alicyclic amines) is 1. The van der Waals surface area contributed by atoms with Crippen molar-refractivity contribution in [2.45, 2.75) is 44.3 Å². The number of nitrogens with zero attached hydrogens (tertiary/aromatic N) is 2. The number of pyridine rings is 1. The molecule has 1 aromatic rings. The molecule has 0 unspecified atom stereocenters. The van der Waals surface area contributed by atoms with Crippen molar-refractivity contribution in [2.24, 2.45) is 0 Å². The molecule has 2 aliphatic rings. The van der Waals surface area contributed by atoms with Gasteiger partial charge in [-0.15, -0.1) is 0 Å². The van der Waals surface area contributed by atoms with Crippen LogP contribution in [0, 0.1) is 0 Å². The Hall–Kier alpha value is -1.96. The van der Waals surface area contributed by atoms with Crippen LogP contribution >= 0.6 is 0 Å². The molecule has 0 saturated carbocycles. The molecule has 6 nitrogen and oxygen atoms in total. The third kappa shape index (κ3) is 4.11. The van der Waals surface area contributed by atoms with Gasteiger partial charge < -0.3 is 14.4 Å². The maximum Gasteiger partial charge on any atom is 0.323 e. The molecular weight excluding hydrogens is 320 g/mol. The minimum absolute atomic E-state index is 0.0604. The van der Waals surface area contributed by atoms with Gasteiger partial charge in [0.25, 0.3) is 6.43 Å². The van der Waals surface area contributed by atoms with Crippen LogP contribution < -0.4 is 10.1 Å². The summed E-state index contributed by atoms with van der Waals surface area (Å²) in [5.74, 6) is 0.343. The Labute approximate surface area is 139 Å². The topological polar surface area (TPSA) is 63.7 Å². The molecule has 24 heavy (non-hydrogen) atoms. The Kier molecular flexibility index (Phi) is 5.44. The molecule has 3 rings (SSSR count). The number of hydrogen-bond donors (Lipinski definition) is 1. The summed E-state index contributed by atoms with van der Waals surface area (Å²) in [7, 11) is 0. The van der Waals surface area contributed by atoms with E-state index in [-0.39, 0.29) is 29.9 Å². The van der Waals surface area contributed by atoms with Gasteiger partial charge in [0, 0.05) is 19.2 Å². The van der Waals surface area contributed by atoms with Crippen LogP contribution in [0.1, 0.15) is 25.7 Å². The molecule has 1 aromatic heterocycles. The predicted molar refractivity (Wildman–Crippen MR) is 83.5 cm³/mol. The third-order valence-corrected chi connectivity index (χ3v) is 4.27. The molecule has 0 aromatic carbocycles. The zero-order valence-electron chi connectivity index (χ0n) is 13.3. The molecule has 3 heterocycles. The van der Waals surface area contributed by atoms with Crippen LogP contribution in [0.15, 0.2) is 18.2 Å². The first-order chi connectivity index (χ1) is 11.6. The Morgan fingerprint density at radius 1 is 1.42 bits per heavy atom. The van der Waals surface area contributed by atoms with Crippen molar-refractivity contribution in [2.75, 3.05) is 25.1 Å². The molecule has 2 amide bonds. The van der Waals surface area contributed by atoms with E-state index in [1.807, 2.05) is 0 Å². The largest absolute Gasteiger partial charge is 0.472 e. The van der Waals surface area contributed by atoms with Gasteiger partial charge in [-0.3, -0.25) is 5.32 Å². The lowest BCUT2D eigenvalue weighted by Crippen LogP contribution is -2.44. The maximum absolute atomic E-state index is 12.5. The number of aromatic nitrogens is 1. The number of hydrogen-bond acceptors (Lipinski definition) is 4. The number of halogens is 2. The maximum atomic E-state index is 12.5. The summed E-state index contributed by atoms with van der Waals surface area (Å²) in [5.41, 5.74) is 0. The second-order valence-corrected chi connectivity index (χ2v) is 5.95. The van der Waals surface area contributed by atoms with E-state index in [4.69, 9.17) is 9.47 Å². The fraction of sp³-hybridized carbons (Fsp3) is 0.625. The zero-order chi connectivity index (χ0) is 16.9. The van der Waals surface area contributed by atoms with Gasteiger partial charge in [0.15, 0.2) is 6.61 Å². The van der Waals surface area contributed by atoms with Crippen LogP contribution in [0.4, 0.5) is 19.4 Å². The van der Waals surface area contributed by atoms with Crippen molar-refractivity contribution in [1.82, 2.24) is 9.88 Å².